The standard InChI is InChI=1S/C17H29NO/c1-12-8-9-14(10-15(12)17(3,4)5)16(18(6)7)13(2)11-19/h8-10,13,16,19H,11H2,1-7H3. The molecule has 2 heteroatoms. The zero-order valence-corrected chi connectivity index (χ0v) is 13.5. The molecule has 0 spiro atoms. The maximum atomic E-state index is 9.47. The number of benzene rings is 1. The second-order valence-electron chi connectivity index (χ2n) is 6.89. The smallest absolute Gasteiger partial charge is 0.0474 e. The Kier molecular flexibility index (Phi) is 5.17. The summed E-state index contributed by atoms with van der Waals surface area (Å²) in [7, 11) is 4.15. The predicted molar refractivity (Wildman–Crippen MR) is 82.6 cm³/mol. The van der Waals surface area contributed by atoms with Crippen LogP contribution in [0.25, 0.3) is 0 Å². The molecule has 2 nitrogen and oxygen atoms in total. The van der Waals surface area contributed by atoms with E-state index >= 15 is 0 Å². The summed E-state index contributed by atoms with van der Waals surface area (Å²) in [4.78, 5) is 2.19. The van der Waals surface area contributed by atoms with Crippen LogP contribution in [0, 0.1) is 12.8 Å². The quantitative estimate of drug-likeness (QED) is 0.898. The Hall–Kier alpha value is -0.860. The molecule has 0 aliphatic rings. The van der Waals surface area contributed by atoms with Crippen molar-refractivity contribution in [1.82, 2.24) is 4.90 Å². The maximum Gasteiger partial charge on any atom is 0.0474 e. The molecule has 0 aliphatic heterocycles. The fraction of sp³-hybridized carbons (Fsp3) is 0.647. The third kappa shape index (κ3) is 3.80. The number of aliphatic hydroxyl groups is 1. The van der Waals surface area contributed by atoms with Gasteiger partial charge in [0.15, 0.2) is 0 Å². The number of hydrogen-bond acceptors (Lipinski definition) is 2. The van der Waals surface area contributed by atoms with Gasteiger partial charge in [-0.3, -0.25) is 0 Å². The Balaban J connectivity index is 3.26. The van der Waals surface area contributed by atoms with E-state index in [2.05, 4.69) is 71.8 Å². The SMILES string of the molecule is Cc1ccc(C(C(C)CO)N(C)C)cc1C(C)(C)C. The minimum Gasteiger partial charge on any atom is -0.396 e. The normalized spacial score (nSPS) is 15.6. The molecule has 1 rings (SSSR count). The lowest BCUT2D eigenvalue weighted by molar-refractivity contribution is 0.145. The first kappa shape index (κ1) is 16.2. The molecule has 1 aromatic carbocycles. The minimum absolute atomic E-state index is 0.152. The van der Waals surface area contributed by atoms with Gasteiger partial charge < -0.3 is 10.0 Å². The van der Waals surface area contributed by atoms with Gasteiger partial charge in [-0.1, -0.05) is 45.9 Å². The highest BCUT2D eigenvalue weighted by Crippen LogP contribution is 2.32. The summed E-state index contributed by atoms with van der Waals surface area (Å²) in [5.74, 6) is 0.227. The number of rotatable bonds is 4. The van der Waals surface area contributed by atoms with Crippen molar-refractivity contribution in [3.05, 3.63) is 34.9 Å². The van der Waals surface area contributed by atoms with Gasteiger partial charge in [0.1, 0.15) is 0 Å². The van der Waals surface area contributed by atoms with E-state index in [0.717, 1.165) is 0 Å². The summed E-state index contributed by atoms with van der Waals surface area (Å²) >= 11 is 0. The second-order valence-corrected chi connectivity index (χ2v) is 6.89. The van der Waals surface area contributed by atoms with Gasteiger partial charge in [0.05, 0.1) is 0 Å². The van der Waals surface area contributed by atoms with Gasteiger partial charge in [-0.15, -0.1) is 0 Å². The maximum absolute atomic E-state index is 9.47. The molecular weight excluding hydrogens is 234 g/mol. The number of aliphatic hydroxyl groups excluding tert-OH is 1. The van der Waals surface area contributed by atoms with E-state index in [1.54, 1.807) is 0 Å². The van der Waals surface area contributed by atoms with Gasteiger partial charge in [0, 0.05) is 12.6 Å². The van der Waals surface area contributed by atoms with Gasteiger partial charge in [-0.2, -0.15) is 0 Å². The van der Waals surface area contributed by atoms with Crippen LogP contribution in [0.15, 0.2) is 18.2 Å². The Labute approximate surface area is 118 Å². The summed E-state index contributed by atoms with van der Waals surface area (Å²) in [6.45, 7) is 11.2. The van der Waals surface area contributed by atoms with Crippen LogP contribution in [0.5, 0.6) is 0 Å². The van der Waals surface area contributed by atoms with Gasteiger partial charge in [0.25, 0.3) is 0 Å². The van der Waals surface area contributed by atoms with Crippen LogP contribution < -0.4 is 0 Å². The van der Waals surface area contributed by atoms with E-state index < -0.39 is 0 Å². The van der Waals surface area contributed by atoms with E-state index in [4.69, 9.17) is 0 Å². The summed E-state index contributed by atoms with van der Waals surface area (Å²) in [6.07, 6.45) is 0. The highest BCUT2D eigenvalue weighted by atomic mass is 16.3. The number of aryl methyl sites for hydroxylation is 1. The molecule has 1 aromatic rings. The molecule has 0 aromatic heterocycles. The second kappa shape index (κ2) is 6.06. The minimum atomic E-state index is 0.152. The average molecular weight is 263 g/mol. The van der Waals surface area contributed by atoms with Crippen LogP contribution >= 0.6 is 0 Å². The Morgan fingerprint density at radius 2 is 1.79 bits per heavy atom. The van der Waals surface area contributed by atoms with Gasteiger partial charge in [-0.05, 0) is 49.0 Å². The van der Waals surface area contributed by atoms with Crippen LogP contribution in [0.4, 0.5) is 0 Å². The largest absolute Gasteiger partial charge is 0.396 e. The molecule has 108 valence electrons. The van der Waals surface area contributed by atoms with Gasteiger partial charge in [0.2, 0.25) is 0 Å². The average Bonchev–Trinajstić information content (AvgIpc) is 2.29. The molecule has 0 aliphatic carbocycles. The molecule has 0 saturated heterocycles. The van der Waals surface area contributed by atoms with Crippen LogP contribution in [0.1, 0.15) is 50.4 Å². The summed E-state index contributed by atoms with van der Waals surface area (Å²) in [5, 5.41) is 9.47. The van der Waals surface area contributed by atoms with E-state index in [1.165, 1.54) is 16.7 Å². The molecule has 0 fully saturated rings. The topological polar surface area (TPSA) is 23.5 Å². The predicted octanol–water partition coefficient (Wildman–Crippen LogP) is 3.52. The molecule has 0 heterocycles. The van der Waals surface area contributed by atoms with Crippen molar-refractivity contribution < 1.29 is 5.11 Å². The summed E-state index contributed by atoms with van der Waals surface area (Å²) in [5.41, 5.74) is 4.17. The molecular formula is C17H29NO. The van der Waals surface area contributed by atoms with Gasteiger partial charge in [-0.25, -0.2) is 0 Å². The first-order valence-electron chi connectivity index (χ1n) is 7.06. The molecule has 0 saturated carbocycles. The van der Waals surface area contributed by atoms with Crippen molar-refractivity contribution in [3.63, 3.8) is 0 Å². The first-order valence-corrected chi connectivity index (χ1v) is 7.06. The zero-order valence-electron chi connectivity index (χ0n) is 13.5. The lowest BCUT2D eigenvalue weighted by atomic mass is 9.81. The molecule has 0 amide bonds. The van der Waals surface area contributed by atoms with Crippen LogP contribution in [0.2, 0.25) is 0 Å². The van der Waals surface area contributed by atoms with E-state index in [9.17, 15) is 5.11 Å². The third-order valence-corrected chi connectivity index (χ3v) is 3.79. The van der Waals surface area contributed by atoms with Crippen molar-refractivity contribution in [2.24, 2.45) is 5.92 Å². The summed E-state index contributed by atoms with van der Waals surface area (Å²) < 4.78 is 0. The fourth-order valence-corrected chi connectivity index (χ4v) is 2.87. The van der Waals surface area contributed by atoms with Gasteiger partial charge >= 0.3 is 0 Å². The summed E-state index contributed by atoms with van der Waals surface area (Å²) in [6, 6.07) is 6.97. The van der Waals surface area contributed by atoms with Crippen molar-refractivity contribution in [2.75, 3.05) is 20.7 Å². The van der Waals surface area contributed by atoms with Crippen molar-refractivity contribution in [1.29, 1.82) is 0 Å². The molecule has 0 radical (unpaired) electrons. The van der Waals surface area contributed by atoms with E-state index in [1.807, 2.05) is 0 Å². The highest BCUT2D eigenvalue weighted by molar-refractivity contribution is 5.37. The van der Waals surface area contributed by atoms with Crippen LogP contribution in [-0.2, 0) is 5.41 Å². The first-order chi connectivity index (χ1) is 8.68. The van der Waals surface area contributed by atoms with E-state index in [0.29, 0.717) is 0 Å². The number of nitrogens with zero attached hydrogens (tertiary/aromatic N) is 1. The third-order valence-electron chi connectivity index (χ3n) is 3.79. The van der Waals surface area contributed by atoms with Crippen molar-refractivity contribution in [3.8, 4) is 0 Å². The monoisotopic (exact) mass is 263 g/mol. The zero-order chi connectivity index (χ0) is 14.8. The Morgan fingerprint density at radius 3 is 2.21 bits per heavy atom. The highest BCUT2D eigenvalue weighted by Gasteiger charge is 2.24. The Bertz CT molecular complexity index is 418. The molecule has 1 N–H and O–H groups in total. The number of hydrogen-bond donors (Lipinski definition) is 1. The lowest BCUT2D eigenvalue weighted by Crippen LogP contribution is -2.28. The van der Waals surface area contributed by atoms with Crippen molar-refractivity contribution in [2.45, 2.75) is 46.1 Å². The molecule has 19 heavy (non-hydrogen) atoms. The van der Waals surface area contributed by atoms with E-state index in [-0.39, 0.29) is 24.0 Å². The van der Waals surface area contributed by atoms with Crippen LogP contribution in [0.3, 0.4) is 0 Å². The van der Waals surface area contributed by atoms with Crippen molar-refractivity contribution >= 4 is 0 Å². The fourth-order valence-electron chi connectivity index (χ4n) is 2.87. The molecule has 2 atom stereocenters. The lowest BCUT2D eigenvalue weighted by Gasteiger charge is -2.31. The van der Waals surface area contributed by atoms with Crippen LogP contribution in [-0.4, -0.2) is 30.7 Å². The molecule has 0 bridgehead atoms. The molecule has 2 unspecified atom stereocenters. The Morgan fingerprint density at radius 1 is 1.21 bits per heavy atom.